The molecule has 134 valence electrons. The van der Waals surface area contributed by atoms with E-state index in [1.807, 2.05) is 32.0 Å². The van der Waals surface area contributed by atoms with Crippen molar-refractivity contribution >= 4 is 57.5 Å². The van der Waals surface area contributed by atoms with Crippen LogP contribution in [0.15, 0.2) is 47.5 Å². The van der Waals surface area contributed by atoms with E-state index < -0.39 is 0 Å². The van der Waals surface area contributed by atoms with Crippen molar-refractivity contribution < 1.29 is 4.79 Å². The zero-order chi connectivity index (χ0) is 18.8. The molecule has 1 atom stereocenters. The minimum atomic E-state index is -0.318. The molecule has 2 aromatic carbocycles. The van der Waals surface area contributed by atoms with E-state index in [2.05, 4.69) is 18.3 Å². The molecule has 0 spiro atoms. The second-order valence-electron chi connectivity index (χ2n) is 6.16. The summed E-state index contributed by atoms with van der Waals surface area (Å²) < 4.78 is 0. The van der Waals surface area contributed by atoms with Crippen LogP contribution in [-0.4, -0.2) is 16.1 Å². The topological polar surface area (TPSA) is 42.0 Å². The van der Waals surface area contributed by atoms with Gasteiger partial charge in [0.15, 0.2) is 0 Å². The number of thioether (sulfide) groups is 1. The summed E-state index contributed by atoms with van der Waals surface area (Å²) in [4.78, 5) is 17.2. The normalized spacial score (nSPS) is 12.2. The predicted molar refractivity (Wildman–Crippen MR) is 112 cm³/mol. The van der Waals surface area contributed by atoms with E-state index in [0.717, 1.165) is 27.1 Å². The molecular weight excluding hydrogens is 387 g/mol. The molecule has 0 bridgehead atoms. The molecule has 0 aliphatic rings. The number of carbonyl (C=O) groups excluding carboxylic acids is 1. The molecule has 0 saturated carbocycles. The lowest BCUT2D eigenvalue weighted by atomic mass is 10.1. The Bertz CT molecular complexity index is 971. The average molecular weight is 405 g/mol. The Morgan fingerprint density at radius 2 is 1.77 bits per heavy atom. The molecule has 0 aliphatic heterocycles. The quantitative estimate of drug-likeness (QED) is 0.520. The summed E-state index contributed by atoms with van der Waals surface area (Å²) >= 11 is 13.4. The highest BCUT2D eigenvalue weighted by Gasteiger charge is 2.17. The van der Waals surface area contributed by atoms with Crippen LogP contribution in [0.5, 0.6) is 0 Å². The maximum atomic E-state index is 12.5. The molecule has 0 saturated heterocycles. The van der Waals surface area contributed by atoms with Gasteiger partial charge in [-0.3, -0.25) is 4.79 Å². The number of fused-ring (bicyclic) bond motifs is 1. The number of carbonyl (C=O) groups is 1. The molecule has 1 heterocycles. The summed E-state index contributed by atoms with van der Waals surface area (Å²) in [5.41, 5.74) is 3.83. The lowest BCUT2D eigenvalue weighted by Crippen LogP contribution is -2.22. The predicted octanol–water partition coefficient (Wildman–Crippen LogP) is 6.28. The number of halogens is 2. The highest BCUT2D eigenvalue weighted by atomic mass is 35.5. The van der Waals surface area contributed by atoms with Gasteiger partial charge in [0.2, 0.25) is 5.91 Å². The molecule has 1 amide bonds. The number of anilines is 1. The van der Waals surface area contributed by atoms with E-state index in [1.165, 1.54) is 11.8 Å². The Hall–Kier alpha value is -1.75. The number of para-hydroxylation sites is 1. The van der Waals surface area contributed by atoms with Crippen molar-refractivity contribution in [2.24, 2.45) is 0 Å². The molecule has 0 radical (unpaired) electrons. The number of pyridine rings is 1. The highest BCUT2D eigenvalue weighted by Crippen LogP contribution is 2.29. The summed E-state index contributed by atoms with van der Waals surface area (Å²) in [6.45, 7) is 5.96. The number of aryl methyl sites for hydroxylation is 2. The van der Waals surface area contributed by atoms with Gasteiger partial charge >= 0.3 is 0 Å². The van der Waals surface area contributed by atoms with E-state index in [1.54, 1.807) is 18.2 Å². The molecule has 3 nitrogen and oxygen atoms in total. The fourth-order valence-electron chi connectivity index (χ4n) is 2.70. The number of aromatic nitrogens is 1. The monoisotopic (exact) mass is 404 g/mol. The summed E-state index contributed by atoms with van der Waals surface area (Å²) in [6, 6.07) is 13.1. The van der Waals surface area contributed by atoms with Crippen LogP contribution in [0.1, 0.15) is 18.1 Å². The molecule has 1 N–H and O–H groups in total. The molecule has 1 aromatic heterocycles. The van der Waals surface area contributed by atoms with Crippen molar-refractivity contribution in [3.63, 3.8) is 0 Å². The number of rotatable bonds is 4. The SMILES string of the molecule is Cc1cc(S[C@H](C)C(=O)Nc2cc(Cl)cc(Cl)c2)nc2c(C)cccc12. The van der Waals surface area contributed by atoms with Crippen molar-refractivity contribution in [1.82, 2.24) is 4.98 Å². The summed E-state index contributed by atoms with van der Waals surface area (Å²) in [7, 11) is 0. The Labute approximate surface area is 167 Å². The first-order valence-corrected chi connectivity index (χ1v) is 9.77. The van der Waals surface area contributed by atoms with Crippen molar-refractivity contribution in [2.45, 2.75) is 31.0 Å². The molecule has 3 aromatic rings. The van der Waals surface area contributed by atoms with Crippen molar-refractivity contribution in [3.8, 4) is 0 Å². The molecular formula is C20H18Cl2N2OS. The van der Waals surface area contributed by atoms with Gasteiger partial charge in [0.25, 0.3) is 0 Å². The molecule has 3 rings (SSSR count). The minimum absolute atomic E-state index is 0.127. The van der Waals surface area contributed by atoms with Crippen LogP contribution >= 0.6 is 35.0 Å². The maximum absolute atomic E-state index is 12.5. The van der Waals surface area contributed by atoms with Crippen LogP contribution in [0.25, 0.3) is 10.9 Å². The van der Waals surface area contributed by atoms with Gasteiger partial charge in [-0.1, -0.05) is 53.2 Å². The number of nitrogens with one attached hydrogen (secondary N) is 1. The lowest BCUT2D eigenvalue weighted by molar-refractivity contribution is -0.115. The first kappa shape index (κ1) is 19.0. The second-order valence-corrected chi connectivity index (χ2v) is 8.39. The van der Waals surface area contributed by atoms with Gasteiger partial charge in [0.1, 0.15) is 0 Å². The summed E-state index contributed by atoms with van der Waals surface area (Å²) in [6.07, 6.45) is 0. The van der Waals surface area contributed by atoms with E-state index >= 15 is 0 Å². The zero-order valence-electron chi connectivity index (χ0n) is 14.6. The van der Waals surface area contributed by atoms with Crippen molar-refractivity contribution in [1.29, 1.82) is 0 Å². The highest BCUT2D eigenvalue weighted by molar-refractivity contribution is 8.00. The molecule has 0 aliphatic carbocycles. The first-order valence-electron chi connectivity index (χ1n) is 8.14. The third-order valence-corrected chi connectivity index (χ3v) is 5.48. The third kappa shape index (κ3) is 4.32. The van der Waals surface area contributed by atoms with E-state index in [0.29, 0.717) is 15.7 Å². The number of amides is 1. The fourth-order valence-corrected chi connectivity index (χ4v) is 4.14. The number of hydrogen-bond donors (Lipinski definition) is 1. The number of nitrogens with zero attached hydrogens (tertiary/aromatic N) is 1. The Kier molecular flexibility index (Phi) is 5.76. The van der Waals surface area contributed by atoms with Crippen LogP contribution in [0.4, 0.5) is 5.69 Å². The van der Waals surface area contributed by atoms with Crippen molar-refractivity contribution in [2.75, 3.05) is 5.32 Å². The van der Waals surface area contributed by atoms with Gasteiger partial charge in [-0.05, 0) is 56.2 Å². The Balaban J connectivity index is 1.78. The third-order valence-electron chi connectivity index (χ3n) is 4.02. The summed E-state index contributed by atoms with van der Waals surface area (Å²) in [5, 5.41) is 5.46. The lowest BCUT2D eigenvalue weighted by Gasteiger charge is -2.14. The van der Waals surface area contributed by atoms with Gasteiger partial charge in [0.05, 0.1) is 15.8 Å². The van der Waals surface area contributed by atoms with Crippen LogP contribution in [0.2, 0.25) is 10.0 Å². The summed E-state index contributed by atoms with van der Waals surface area (Å²) in [5.74, 6) is -0.127. The molecule has 26 heavy (non-hydrogen) atoms. The van der Waals surface area contributed by atoms with E-state index in [9.17, 15) is 4.79 Å². The van der Waals surface area contributed by atoms with Gasteiger partial charge in [-0.15, -0.1) is 0 Å². The van der Waals surface area contributed by atoms with E-state index in [-0.39, 0.29) is 11.2 Å². The minimum Gasteiger partial charge on any atom is -0.325 e. The van der Waals surface area contributed by atoms with Gasteiger partial charge in [0, 0.05) is 21.1 Å². The molecule has 0 fully saturated rings. The zero-order valence-corrected chi connectivity index (χ0v) is 17.0. The van der Waals surface area contributed by atoms with E-state index in [4.69, 9.17) is 28.2 Å². The molecule has 6 heteroatoms. The second kappa shape index (κ2) is 7.87. The Morgan fingerprint density at radius 1 is 1.08 bits per heavy atom. The standard InChI is InChI=1S/C20H18Cl2N2OS/c1-11-5-4-6-17-12(2)7-18(24-19(11)17)26-13(3)20(25)23-16-9-14(21)8-15(22)10-16/h4-10,13H,1-3H3,(H,23,25)/t13-/m1/s1. The van der Waals surface area contributed by atoms with Crippen molar-refractivity contribution in [3.05, 3.63) is 63.6 Å². The smallest absolute Gasteiger partial charge is 0.237 e. The van der Waals surface area contributed by atoms with Crippen LogP contribution in [0.3, 0.4) is 0 Å². The van der Waals surface area contributed by atoms with Crippen LogP contribution in [0, 0.1) is 13.8 Å². The maximum Gasteiger partial charge on any atom is 0.237 e. The molecule has 0 unspecified atom stereocenters. The van der Waals surface area contributed by atoms with Gasteiger partial charge < -0.3 is 5.32 Å². The van der Waals surface area contributed by atoms with Crippen LogP contribution in [-0.2, 0) is 4.79 Å². The fraction of sp³-hybridized carbons (Fsp3) is 0.200. The van der Waals surface area contributed by atoms with Gasteiger partial charge in [-0.2, -0.15) is 0 Å². The largest absolute Gasteiger partial charge is 0.325 e. The number of hydrogen-bond acceptors (Lipinski definition) is 3. The Morgan fingerprint density at radius 3 is 2.46 bits per heavy atom. The first-order chi connectivity index (χ1) is 12.3. The van der Waals surface area contributed by atoms with Gasteiger partial charge in [-0.25, -0.2) is 4.98 Å². The average Bonchev–Trinajstić information content (AvgIpc) is 2.55. The van der Waals surface area contributed by atoms with Crippen LogP contribution < -0.4 is 5.32 Å². The number of benzene rings is 2.